The summed E-state index contributed by atoms with van der Waals surface area (Å²) >= 11 is 5.99. The minimum absolute atomic E-state index is 0.0303. The molecule has 0 saturated carbocycles. The van der Waals surface area contributed by atoms with Gasteiger partial charge >= 0.3 is 0 Å². The average Bonchev–Trinajstić information content (AvgIpc) is 2.86. The lowest BCUT2D eigenvalue weighted by atomic mass is 10.1. The van der Waals surface area contributed by atoms with Gasteiger partial charge in [-0.05, 0) is 61.7 Å². The van der Waals surface area contributed by atoms with Crippen LogP contribution >= 0.6 is 11.6 Å². The minimum Gasteiger partial charge on any atom is -0.493 e. The Labute approximate surface area is 211 Å². The molecule has 3 aromatic carbocycles. The summed E-state index contributed by atoms with van der Waals surface area (Å²) in [5, 5.41) is 3.28. The van der Waals surface area contributed by atoms with Crippen LogP contribution in [-0.2, 0) is 21.2 Å². The van der Waals surface area contributed by atoms with Gasteiger partial charge in [-0.25, -0.2) is 8.42 Å². The third-order valence-electron chi connectivity index (χ3n) is 5.43. The summed E-state index contributed by atoms with van der Waals surface area (Å²) in [6.45, 7) is 2.08. The molecule has 0 aliphatic rings. The van der Waals surface area contributed by atoms with Gasteiger partial charge in [0, 0.05) is 17.6 Å². The lowest BCUT2D eigenvalue weighted by Gasteiger charge is -2.24. The Kier molecular flexibility index (Phi) is 9.01. The fourth-order valence-corrected chi connectivity index (χ4v) is 5.05. The van der Waals surface area contributed by atoms with Crippen LogP contribution in [0.15, 0.2) is 71.6 Å². The molecule has 0 saturated heterocycles. The van der Waals surface area contributed by atoms with Crippen molar-refractivity contribution in [2.24, 2.45) is 0 Å². The first-order valence-electron chi connectivity index (χ1n) is 11.1. The average molecular weight is 517 g/mol. The van der Waals surface area contributed by atoms with E-state index in [0.717, 1.165) is 17.1 Å². The molecule has 0 atom stereocenters. The minimum atomic E-state index is -4.10. The molecule has 7 nitrogen and oxygen atoms in total. The Bertz CT molecular complexity index is 1250. The normalized spacial score (nSPS) is 11.1. The van der Waals surface area contributed by atoms with E-state index >= 15 is 0 Å². The standard InChI is InChI=1S/C26H29ClN2O5S/c1-19-6-8-20(9-7-19)5-4-16-28-26(30)18-29(22-12-10-21(27)11-13-22)35(31,32)23-14-15-24(33-2)25(17-23)34-3/h6-15,17H,4-5,16,18H2,1-3H3,(H,28,30). The molecule has 0 fully saturated rings. The molecular weight excluding hydrogens is 488 g/mol. The van der Waals surface area contributed by atoms with Gasteiger partial charge in [0.1, 0.15) is 6.54 Å². The van der Waals surface area contributed by atoms with Crippen LogP contribution in [0.2, 0.25) is 5.02 Å². The van der Waals surface area contributed by atoms with E-state index in [4.69, 9.17) is 21.1 Å². The van der Waals surface area contributed by atoms with E-state index in [9.17, 15) is 13.2 Å². The molecule has 3 aromatic rings. The Balaban J connectivity index is 1.76. The van der Waals surface area contributed by atoms with Gasteiger partial charge in [0.25, 0.3) is 10.0 Å². The molecule has 186 valence electrons. The number of sulfonamides is 1. The zero-order chi connectivity index (χ0) is 25.4. The van der Waals surface area contributed by atoms with Crippen LogP contribution in [0, 0.1) is 6.92 Å². The van der Waals surface area contributed by atoms with E-state index in [0.29, 0.717) is 23.0 Å². The molecular formula is C26H29ClN2O5S. The lowest BCUT2D eigenvalue weighted by Crippen LogP contribution is -2.41. The molecule has 1 amide bonds. The number of halogens is 1. The molecule has 0 unspecified atom stereocenters. The van der Waals surface area contributed by atoms with E-state index < -0.39 is 15.9 Å². The highest BCUT2D eigenvalue weighted by Crippen LogP contribution is 2.32. The topological polar surface area (TPSA) is 84.9 Å². The van der Waals surface area contributed by atoms with Crippen molar-refractivity contribution in [1.82, 2.24) is 5.32 Å². The lowest BCUT2D eigenvalue weighted by molar-refractivity contribution is -0.119. The van der Waals surface area contributed by atoms with Gasteiger partial charge in [-0.1, -0.05) is 41.4 Å². The van der Waals surface area contributed by atoms with Crippen molar-refractivity contribution < 1.29 is 22.7 Å². The molecule has 0 spiro atoms. The summed E-state index contributed by atoms with van der Waals surface area (Å²) in [5.74, 6) is 0.258. The summed E-state index contributed by atoms with van der Waals surface area (Å²) in [5.41, 5.74) is 2.70. The number of carbonyl (C=O) groups excluding carboxylic acids is 1. The first kappa shape index (κ1) is 26.4. The highest BCUT2D eigenvalue weighted by molar-refractivity contribution is 7.92. The number of carbonyl (C=O) groups is 1. The van der Waals surface area contributed by atoms with Crippen LogP contribution in [0.3, 0.4) is 0 Å². The van der Waals surface area contributed by atoms with Crippen molar-refractivity contribution in [2.45, 2.75) is 24.7 Å². The highest BCUT2D eigenvalue weighted by Gasteiger charge is 2.28. The SMILES string of the molecule is COc1ccc(S(=O)(=O)N(CC(=O)NCCCc2ccc(C)cc2)c2ccc(Cl)cc2)cc1OC. The summed E-state index contributed by atoms with van der Waals surface area (Å²) in [6, 6.07) is 18.8. The van der Waals surface area contributed by atoms with Gasteiger partial charge in [0.05, 0.1) is 24.8 Å². The quantitative estimate of drug-likeness (QED) is 0.376. The number of nitrogens with one attached hydrogen (secondary N) is 1. The predicted octanol–water partition coefficient (Wildman–Crippen LogP) is 4.61. The van der Waals surface area contributed by atoms with E-state index in [1.807, 2.05) is 6.92 Å². The first-order valence-corrected chi connectivity index (χ1v) is 12.9. The maximum absolute atomic E-state index is 13.6. The van der Waals surface area contributed by atoms with Crippen molar-refractivity contribution in [1.29, 1.82) is 0 Å². The van der Waals surface area contributed by atoms with Gasteiger partial charge in [0.2, 0.25) is 5.91 Å². The maximum Gasteiger partial charge on any atom is 0.264 e. The Morgan fingerprint density at radius 2 is 1.60 bits per heavy atom. The second-order valence-electron chi connectivity index (χ2n) is 7.94. The van der Waals surface area contributed by atoms with Gasteiger partial charge in [-0.3, -0.25) is 9.10 Å². The van der Waals surface area contributed by atoms with Crippen LogP contribution in [-0.4, -0.2) is 41.6 Å². The second-order valence-corrected chi connectivity index (χ2v) is 10.2. The van der Waals surface area contributed by atoms with Crippen molar-refractivity contribution in [3.63, 3.8) is 0 Å². The monoisotopic (exact) mass is 516 g/mol. The smallest absolute Gasteiger partial charge is 0.264 e. The van der Waals surface area contributed by atoms with E-state index in [1.165, 1.54) is 43.5 Å². The second kappa shape index (κ2) is 12.0. The molecule has 0 aliphatic heterocycles. The largest absolute Gasteiger partial charge is 0.493 e. The molecule has 0 bridgehead atoms. The molecule has 0 radical (unpaired) electrons. The third kappa shape index (κ3) is 6.90. The van der Waals surface area contributed by atoms with Crippen molar-refractivity contribution in [2.75, 3.05) is 31.6 Å². The fourth-order valence-electron chi connectivity index (χ4n) is 3.49. The number of anilines is 1. The molecule has 0 aliphatic carbocycles. The summed E-state index contributed by atoms with van der Waals surface area (Å²) in [4.78, 5) is 12.7. The number of nitrogens with zero attached hydrogens (tertiary/aromatic N) is 1. The van der Waals surface area contributed by atoms with Gasteiger partial charge < -0.3 is 14.8 Å². The number of rotatable bonds is 11. The summed E-state index contributed by atoms with van der Waals surface area (Å²) < 4.78 is 38.7. The number of amides is 1. The van der Waals surface area contributed by atoms with Crippen molar-refractivity contribution >= 4 is 33.2 Å². The number of benzene rings is 3. The van der Waals surface area contributed by atoms with E-state index in [2.05, 4.69) is 29.6 Å². The van der Waals surface area contributed by atoms with Crippen LogP contribution in [0.4, 0.5) is 5.69 Å². The molecule has 9 heteroatoms. The van der Waals surface area contributed by atoms with E-state index in [1.54, 1.807) is 24.3 Å². The van der Waals surface area contributed by atoms with Crippen LogP contribution in [0.1, 0.15) is 17.5 Å². The molecule has 0 heterocycles. The first-order chi connectivity index (χ1) is 16.7. The molecule has 0 aromatic heterocycles. The molecule has 3 rings (SSSR count). The van der Waals surface area contributed by atoms with Gasteiger partial charge in [0.15, 0.2) is 11.5 Å². The van der Waals surface area contributed by atoms with Crippen molar-refractivity contribution in [3.8, 4) is 11.5 Å². The number of hydrogen-bond acceptors (Lipinski definition) is 5. The number of aryl methyl sites for hydroxylation is 2. The Hall–Kier alpha value is -3.23. The fraction of sp³-hybridized carbons (Fsp3) is 0.269. The predicted molar refractivity (Wildman–Crippen MR) is 138 cm³/mol. The summed E-state index contributed by atoms with van der Waals surface area (Å²) in [7, 11) is -1.21. The van der Waals surface area contributed by atoms with Crippen molar-refractivity contribution in [3.05, 3.63) is 82.9 Å². The molecule has 35 heavy (non-hydrogen) atoms. The Morgan fingerprint density at radius 1 is 0.943 bits per heavy atom. The Morgan fingerprint density at radius 3 is 2.23 bits per heavy atom. The summed E-state index contributed by atoms with van der Waals surface area (Å²) in [6.07, 6.45) is 1.55. The van der Waals surface area contributed by atoms with E-state index in [-0.39, 0.29) is 17.2 Å². The maximum atomic E-state index is 13.6. The molecule has 1 N–H and O–H groups in total. The highest BCUT2D eigenvalue weighted by atomic mass is 35.5. The zero-order valence-electron chi connectivity index (χ0n) is 20.0. The van der Waals surface area contributed by atoms with Gasteiger partial charge in [-0.2, -0.15) is 0 Å². The van der Waals surface area contributed by atoms with Crippen LogP contribution < -0.4 is 19.1 Å². The zero-order valence-corrected chi connectivity index (χ0v) is 21.5. The van der Waals surface area contributed by atoms with Crippen LogP contribution in [0.5, 0.6) is 11.5 Å². The van der Waals surface area contributed by atoms with Crippen LogP contribution in [0.25, 0.3) is 0 Å². The number of methoxy groups -OCH3 is 2. The third-order valence-corrected chi connectivity index (χ3v) is 7.45. The number of hydrogen-bond donors (Lipinski definition) is 1. The van der Waals surface area contributed by atoms with Gasteiger partial charge in [-0.15, -0.1) is 0 Å². The number of ether oxygens (including phenoxy) is 2.